The third-order valence-corrected chi connectivity index (χ3v) is 3.84. The number of ether oxygens (including phenoxy) is 3. The van der Waals surface area contributed by atoms with Crippen molar-refractivity contribution in [3.8, 4) is 5.75 Å². The molecule has 0 aliphatic rings. The Morgan fingerprint density at radius 1 is 1.07 bits per heavy atom. The van der Waals surface area contributed by atoms with Gasteiger partial charge in [0.25, 0.3) is 0 Å². The number of aliphatic imine (C=N–C) groups is 1. The van der Waals surface area contributed by atoms with Gasteiger partial charge in [0, 0.05) is 32.3 Å². The third kappa shape index (κ3) is 13.9. The second-order valence-corrected chi connectivity index (χ2v) is 6.45. The van der Waals surface area contributed by atoms with Crippen LogP contribution in [0, 0.1) is 6.92 Å². The van der Waals surface area contributed by atoms with Gasteiger partial charge in [-0.25, -0.2) is 0 Å². The fraction of sp³-hybridized carbons (Fsp3) is 0.650. The highest BCUT2D eigenvalue weighted by Gasteiger charge is 2.28. The van der Waals surface area contributed by atoms with Gasteiger partial charge in [-0.05, 0) is 25.0 Å². The highest BCUT2D eigenvalue weighted by molar-refractivity contribution is 14.0. The molecule has 0 amide bonds. The molecule has 0 radical (unpaired) electrons. The first-order valence-electron chi connectivity index (χ1n) is 9.74. The summed E-state index contributed by atoms with van der Waals surface area (Å²) >= 11 is 0. The molecule has 1 aromatic carbocycles. The molecule has 0 aliphatic heterocycles. The summed E-state index contributed by atoms with van der Waals surface area (Å²) in [5.41, 5.74) is 1.44. The van der Waals surface area contributed by atoms with E-state index < -0.39 is 12.8 Å². The summed E-state index contributed by atoms with van der Waals surface area (Å²) in [6, 6.07) is 5.16. The average molecular weight is 547 g/mol. The Balaban J connectivity index is 0.00000841. The van der Waals surface area contributed by atoms with E-state index in [1.165, 1.54) is 0 Å². The molecule has 0 aromatic heterocycles. The lowest BCUT2D eigenvalue weighted by Crippen LogP contribution is -2.38. The molecule has 0 saturated heterocycles. The summed E-state index contributed by atoms with van der Waals surface area (Å²) in [6.45, 7) is 5.75. The van der Waals surface area contributed by atoms with Crippen LogP contribution >= 0.6 is 24.0 Å². The summed E-state index contributed by atoms with van der Waals surface area (Å²) in [4.78, 5) is 4.10. The molecule has 0 unspecified atom stereocenters. The predicted molar refractivity (Wildman–Crippen MR) is 123 cm³/mol. The van der Waals surface area contributed by atoms with Gasteiger partial charge in [0.15, 0.2) is 12.6 Å². The molecule has 0 spiro atoms. The Labute approximate surface area is 194 Å². The molecule has 1 aromatic rings. The van der Waals surface area contributed by atoms with Gasteiger partial charge in [-0.3, -0.25) is 4.99 Å². The minimum absolute atomic E-state index is 0. The van der Waals surface area contributed by atoms with E-state index in [1.54, 1.807) is 26.1 Å². The van der Waals surface area contributed by atoms with E-state index in [2.05, 4.69) is 22.5 Å². The van der Waals surface area contributed by atoms with Crippen molar-refractivity contribution in [3.63, 3.8) is 0 Å². The van der Waals surface area contributed by atoms with Crippen molar-refractivity contribution >= 4 is 29.9 Å². The van der Waals surface area contributed by atoms with Crippen LogP contribution in [-0.4, -0.2) is 58.8 Å². The van der Waals surface area contributed by atoms with Gasteiger partial charge in [0.05, 0.1) is 19.8 Å². The molecule has 174 valence electrons. The van der Waals surface area contributed by atoms with Crippen molar-refractivity contribution in [2.24, 2.45) is 4.99 Å². The Kier molecular flexibility index (Phi) is 15.7. The van der Waals surface area contributed by atoms with Crippen molar-refractivity contribution in [1.82, 2.24) is 10.6 Å². The maximum atomic E-state index is 12.5. The number of halogens is 4. The van der Waals surface area contributed by atoms with E-state index in [-0.39, 0.29) is 36.3 Å². The van der Waals surface area contributed by atoms with Crippen molar-refractivity contribution in [2.45, 2.75) is 39.4 Å². The van der Waals surface area contributed by atoms with Gasteiger partial charge in [0.2, 0.25) is 0 Å². The Hall–Kier alpha value is -1.27. The lowest BCUT2D eigenvalue weighted by Gasteiger charge is -2.16. The Morgan fingerprint density at radius 2 is 1.77 bits per heavy atom. The zero-order valence-electron chi connectivity index (χ0n) is 17.8. The molecule has 0 aliphatic carbocycles. The first-order chi connectivity index (χ1) is 13.9. The second-order valence-electron chi connectivity index (χ2n) is 6.45. The second kappa shape index (κ2) is 16.4. The number of nitrogens with one attached hydrogen (secondary N) is 2. The summed E-state index contributed by atoms with van der Waals surface area (Å²) in [6.07, 6.45) is -2.23. The molecule has 1 rings (SSSR count). The Bertz CT molecular complexity index is 617. The van der Waals surface area contributed by atoms with Crippen LogP contribution in [0.5, 0.6) is 5.75 Å². The SMILES string of the molecule is CCCCOCCOCCNC(=NC)NCc1ccc(C)cc1OCC(F)(F)F.I. The van der Waals surface area contributed by atoms with Gasteiger partial charge < -0.3 is 24.8 Å². The first-order valence-corrected chi connectivity index (χ1v) is 9.74. The zero-order valence-corrected chi connectivity index (χ0v) is 20.1. The molecule has 2 N–H and O–H groups in total. The minimum atomic E-state index is -4.38. The van der Waals surface area contributed by atoms with Crippen molar-refractivity contribution in [1.29, 1.82) is 0 Å². The largest absolute Gasteiger partial charge is 0.484 e. The molecule has 30 heavy (non-hydrogen) atoms. The Morgan fingerprint density at radius 3 is 2.40 bits per heavy atom. The van der Waals surface area contributed by atoms with E-state index in [4.69, 9.17) is 14.2 Å². The highest BCUT2D eigenvalue weighted by atomic mass is 127. The van der Waals surface area contributed by atoms with Crippen LogP contribution in [0.25, 0.3) is 0 Å². The fourth-order valence-electron chi connectivity index (χ4n) is 2.31. The number of hydrogen-bond donors (Lipinski definition) is 2. The van der Waals surface area contributed by atoms with E-state index in [0.29, 0.717) is 37.9 Å². The van der Waals surface area contributed by atoms with Crippen LogP contribution in [0.1, 0.15) is 30.9 Å². The molecule has 0 heterocycles. The van der Waals surface area contributed by atoms with Crippen LogP contribution in [0.4, 0.5) is 13.2 Å². The van der Waals surface area contributed by atoms with Gasteiger partial charge in [-0.15, -0.1) is 24.0 Å². The third-order valence-electron chi connectivity index (χ3n) is 3.84. The van der Waals surface area contributed by atoms with E-state index in [1.807, 2.05) is 6.07 Å². The van der Waals surface area contributed by atoms with Crippen LogP contribution in [0.3, 0.4) is 0 Å². The summed E-state index contributed by atoms with van der Waals surface area (Å²) < 4.78 is 53.2. The lowest BCUT2D eigenvalue weighted by molar-refractivity contribution is -0.153. The van der Waals surface area contributed by atoms with Crippen LogP contribution < -0.4 is 15.4 Å². The standard InChI is InChI=1S/C20H32F3N3O3.HI/c1-4-5-9-27-11-12-28-10-8-25-19(24-3)26-14-17-7-6-16(2)13-18(17)29-15-20(21,22)23;/h6-7,13H,4-5,8-12,14-15H2,1-3H3,(H2,24,25,26);1H. The maximum absolute atomic E-state index is 12.5. The molecule has 0 saturated carbocycles. The van der Waals surface area contributed by atoms with Gasteiger partial charge in [-0.2, -0.15) is 13.2 Å². The minimum Gasteiger partial charge on any atom is -0.484 e. The quantitative estimate of drug-likeness (QED) is 0.169. The maximum Gasteiger partial charge on any atom is 0.422 e. The molecule has 0 atom stereocenters. The number of alkyl halides is 3. The number of aryl methyl sites for hydroxylation is 1. The number of guanidine groups is 1. The fourth-order valence-corrected chi connectivity index (χ4v) is 2.31. The predicted octanol–water partition coefficient (Wildman–Crippen LogP) is 4.05. The van der Waals surface area contributed by atoms with Gasteiger partial charge in [0.1, 0.15) is 5.75 Å². The van der Waals surface area contributed by atoms with Crippen LogP contribution in [-0.2, 0) is 16.0 Å². The molecular formula is C20H33F3IN3O3. The number of unbranched alkanes of at least 4 members (excludes halogenated alkanes) is 1. The van der Waals surface area contributed by atoms with Gasteiger partial charge in [-0.1, -0.05) is 25.5 Å². The van der Waals surface area contributed by atoms with Crippen LogP contribution in [0.2, 0.25) is 0 Å². The van der Waals surface area contributed by atoms with Crippen LogP contribution in [0.15, 0.2) is 23.2 Å². The van der Waals surface area contributed by atoms with E-state index in [9.17, 15) is 13.2 Å². The average Bonchev–Trinajstić information content (AvgIpc) is 2.67. The molecule has 6 nitrogen and oxygen atoms in total. The molecule has 0 bridgehead atoms. The van der Waals surface area contributed by atoms with Crippen molar-refractivity contribution < 1.29 is 27.4 Å². The van der Waals surface area contributed by atoms with Crippen molar-refractivity contribution in [3.05, 3.63) is 29.3 Å². The smallest absolute Gasteiger partial charge is 0.422 e. The molecular weight excluding hydrogens is 514 g/mol. The summed E-state index contributed by atoms with van der Waals surface area (Å²) in [5.74, 6) is 0.729. The van der Waals surface area contributed by atoms with E-state index >= 15 is 0 Å². The summed E-state index contributed by atoms with van der Waals surface area (Å²) in [5, 5.41) is 6.16. The lowest BCUT2D eigenvalue weighted by atomic mass is 10.1. The first kappa shape index (κ1) is 28.7. The monoisotopic (exact) mass is 547 g/mol. The number of nitrogens with zero attached hydrogens (tertiary/aromatic N) is 1. The highest BCUT2D eigenvalue weighted by Crippen LogP contribution is 2.23. The topological polar surface area (TPSA) is 64.1 Å². The number of benzene rings is 1. The summed E-state index contributed by atoms with van der Waals surface area (Å²) in [7, 11) is 1.62. The number of hydrogen-bond acceptors (Lipinski definition) is 4. The number of rotatable bonds is 13. The van der Waals surface area contributed by atoms with E-state index in [0.717, 1.165) is 25.0 Å². The normalized spacial score (nSPS) is 11.7. The van der Waals surface area contributed by atoms with Crippen molar-refractivity contribution in [2.75, 3.05) is 46.6 Å². The zero-order chi connectivity index (χ0) is 21.5. The molecule has 10 heteroatoms. The van der Waals surface area contributed by atoms with Gasteiger partial charge >= 0.3 is 6.18 Å². The molecule has 0 fully saturated rings.